The number of carbonyl (C=O) groups is 2. The smallest absolute Gasteiger partial charge is 0.270 e. The first kappa shape index (κ1) is 28.3. The Labute approximate surface area is 211 Å². The Morgan fingerprint density at radius 1 is 1.17 bits per heavy atom. The lowest BCUT2D eigenvalue weighted by Gasteiger charge is -2.27. The summed E-state index contributed by atoms with van der Waals surface area (Å²) in [4.78, 5) is 28.5. The number of anilines is 1. The first-order chi connectivity index (χ1) is 17.0. The molecule has 0 aromatic heterocycles. The van der Waals surface area contributed by atoms with E-state index in [1.807, 2.05) is 20.8 Å². The van der Waals surface area contributed by atoms with Gasteiger partial charge in [0, 0.05) is 18.8 Å². The van der Waals surface area contributed by atoms with E-state index >= 15 is 0 Å². The zero-order valence-corrected chi connectivity index (χ0v) is 20.9. The van der Waals surface area contributed by atoms with Gasteiger partial charge in [0.25, 0.3) is 5.91 Å². The SMILES string of the molecule is CC(C)(C)C(C=O)NC(=O)C(=N)c1c(NCc2ccc(F)cc2)cccc1OCCCCN=C(N)N. The lowest BCUT2D eigenvalue weighted by atomic mass is 9.87. The number of nitrogens with two attached hydrogens (primary N) is 2. The fourth-order valence-corrected chi connectivity index (χ4v) is 3.24. The molecule has 2 rings (SSSR count). The molecule has 2 aromatic rings. The summed E-state index contributed by atoms with van der Waals surface area (Å²) in [6.07, 6.45) is 2.01. The molecule has 0 saturated carbocycles. The van der Waals surface area contributed by atoms with Crippen molar-refractivity contribution in [3.05, 3.63) is 59.4 Å². The molecule has 1 amide bonds. The van der Waals surface area contributed by atoms with Gasteiger partial charge >= 0.3 is 0 Å². The summed E-state index contributed by atoms with van der Waals surface area (Å²) >= 11 is 0. The van der Waals surface area contributed by atoms with E-state index in [0.29, 0.717) is 50.3 Å². The Morgan fingerprint density at radius 3 is 2.47 bits per heavy atom. The second-order valence-corrected chi connectivity index (χ2v) is 9.35. The Balaban J connectivity index is 2.26. The minimum Gasteiger partial charge on any atom is -0.493 e. The van der Waals surface area contributed by atoms with Crippen LogP contribution >= 0.6 is 0 Å². The van der Waals surface area contributed by atoms with E-state index in [2.05, 4.69) is 15.6 Å². The molecule has 0 radical (unpaired) electrons. The molecule has 10 heteroatoms. The molecule has 0 bridgehead atoms. The molecule has 0 fully saturated rings. The molecule has 36 heavy (non-hydrogen) atoms. The third-order valence-corrected chi connectivity index (χ3v) is 5.36. The van der Waals surface area contributed by atoms with E-state index < -0.39 is 17.4 Å². The number of aliphatic imine (C=N–C) groups is 1. The molecule has 2 aromatic carbocycles. The first-order valence-corrected chi connectivity index (χ1v) is 11.7. The molecule has 0 aliphatic heterocycles. The first-order valence-electron chi connectivity index (χ1n) is 11.7. The van der Waals surface area contributed by atoms with E-state index in [-0.39, 0.29) is 23.1 Å². The Morgan fingerprint density at radius 2 is 1.86 bits per heavy atom. The molecule has 1 atom stereocenters. The number of nitrogens with one attached hydrogen (secondary N) is 3. The molecule has 7 N–H and O–H groups in total. The number of halogens is 1. The summed E-state index contributed by atoms with van der Waals surface area (Å²) in [7, 11) is 0. The second-order valence-electron chi connectivity index (χ2n) is 9.35. The van der Waals surface area contributed by atoms with Crippen molar-refractivity contribution in [3.8, 4) is 5.75 Å². The summed E-state index contributed by atoms with van der Waals surface area (Å²) in [5.41, 5.74) is 11.4. The van der Waals surface area contributed by atoms with Crippen molar-refractivity contribution in [3.63, 3.8) is 0 Å². The van der Waals surface area contributed by atoms with Crippen molar-refractivity contribution >= 4 is 29.6 Å². The van der Waals surface area contributed by atoms with Crippen molar-refractivity contribution in [1.29, 1.82) is 5.41 Å². The summed E-state index contributed by atoms with van der Waals surface area (Å²) < 4.78 is 19.2. The minimum absolute atomic E-state index is 0.0291. The van der Waals surface area contributed by atoms with Gasteiger partial charge in [-0.05, 0) is 48.1 Å². The van der Waals surface area contributed by atoms with Gasteiger partial charge in [-0.25, -0.2) is 4.39 Å². The van der Waals surface area contributed by atoms with Crippen LogP contribution < -0.4 is 26.8 Å². The van der Waals surface area contributed by atoms with Crippen LogP contribution in [0.5, 0.6) is 5.75 Å². The Kier molecular flexibility index (Phi) is 10.4. The van der Waals surface area contributed by atoms with Crippen LogP contribution in [0.4, 0.5) is 10.1 Å². The zero-order chi connectivity index (χ0) is 26.7. The molecule has 0 heterocycles. The highest BCUT2D eigenvalue weighted by molar-refractivity contribution is 6.46. The van der Waals surface area contributed by atoms with Crippen LogP contribution in [0.2, 0.25) is 0 Å². The van der Waals surface area contributed by atoms with Crippen molar-refractivity contribution in [2.24, 2.45) is 21.9 Å². The van der Waals surface area contributed by atoms with Gasteiger partial charge in [-0.2, -0.15) is 0 Å². The van der Waals surface area contributed by atoms with Gasteiger partial charge < -0.3 is 31.6 Å². The van der Waals surface area contributed by atoms with Gasteiger partial charge in [0.05, 0.1) is 18.2 Å². The normalized spacial score (nSPS) is 11.8. The number of aldehydes is 1. The highest BCUT2D eigenvalue weighted by Crippen LogP contribution is 2.29. The fourth-order valence-electron chi connectivity index (χ4n) is 3.24. The van der Waals surface area contributed by atoms with Crippen LogP contribution in [-0.4, -0.2) is 43.1 Å². The standard InChI is InChI=1S/C26H35FN6O3/c1-26(2,3)21(16-34)33-24(35)23(28)22-19(32-15-17-9-11-18(27)12-10-17)7-6-8-20(22)36-14-5-4-13-31-25(29)30/h6-12,16,21,28,32H,4-5,13-15H2,1-3H3,(H,33,35)(H4,29,30,31). The lowest BCUT2D eigenvalue weighted by molar-refractivity contribution is -0.120. The number of hydrogen-bond acceptors (Lipinski definition) is 6. The quantitative estimate of drug-likeness (QED) is 0.124. The molecule has 0 saturated heterocycles. The monoisotopic (exact) mass is 498 g/mol. The minimum atomic E-state index is -0.774. The van der Waals surface area contributed by atoms with Crippen LogP contribution in [0, 0.1) is 16.6 Å². The van der Waals surface area contributed by atoms with E-state index in [1.165, 1.54) is 12.1 Å². The van der Waals surface area contributed by atoms with E-state index in [1.54, 1.807) is 30.3 Å². The summed E-state index contributed by atoms with van der Waals surface area (Å²) in [6.45, 7) is 6.60. The van der Waals surface area contributed by atoms with E-state index in [9.17, 15) is 14.0 Å². The maximum atomic E-state index is 13.3. The van der Waals surface area contributed by atoms with Gasteiger partial charge in [-0.3, -0.25) is 15.2 Å². The maximum Gasteiger partial charge on any atom is 0.270 e. The largest absolute Gasteiger partial charge is 0.493 e. The van der Waals surface area contributed by atoms with Gasteiger partial charge in [0.15, 0.2) is 5.96 Å². The molecule has 194 valence electrons. The summed E-state index contributed by atoms with van der Waals surface area (Å²) in [5.74, 6) is -0.659. The van der Waals surface area contributed by atoms with Crippen molar-refractivity contribution in [2.75, 3.05) is 18.5 Å². The number of nitrogens with zero attached hydrogens (tertiary/aromatic N) is 1. The van der Waals surface area contributed by atoms with Gasteiger partial charge in [-0.1, -0.05) is 39.0 Å². The third kappa shape index (κ3) is 8.68. The highest BCUT2D eigenvalue weighted by atomic mass is 19.1. The van der Waals surface area contributed by atoms with Gasteiger partial charge in [0.2, 0.25) is 0 Å². The number of ether oxygens (including phenoxy) is 1. The number of guanidine groups is 1. The lowest BCUT2D eigenvalue weighted by Crippen LogP contribution is -2.47. The molecule has 0 spiro atoms. The number of benzene rings is 2. The fraction of sp³-hybridized carbons (Fsp3) is 0.385. The average Bonchev–Trinajstić information content (AvgIpc) is 2.82. The number of rotatable bonds is 13. The van der Waals surface area contributed by atoms with Gasteiger partial charge in [0.1, 0.15) is 23.6 Å². The van der Waals surface area contributed by atoms with Crippen LogP contribution in [-0.2, 0) is 16.1 Å². The molecule has 1 unspecified atom stereocenters. The van der Waals surface area contributed by atoms with Crippen molar-refractivity contribution in [2.45, 2.75) is 46.2 Å². The highest BCUT2D eigenvalue weighted by Gasteiger charge is 2.29. The molecular formula is C26H35FN6O3. The maximum absolute atomic E-state index is 13.3. The Bertz CT molecular complexity index is 1080. The van der Waals surface area contributed by atoms with Gasteiger partial charge in [-0.15, -0.1) is 0 Å². The second kappa shape index (κ2) is 13.2. The van der Waals surface area contributed by atoms with Crippen LogP contribution in [0.15, 0.2) is 47.5 Å². The van der Waals surface area contributed by atoms with E-state index in [0.717, 1.165) is 5.56 Å². The zero-order valence-electron chi connectivity index (χ0n) is 20.9. The van der Waals surface area contributed by atoms with Crippen LogP contribution in [0.25, 0.3) is 0 Å². The van der Waals surface area contributed by atoms with Crippen LogP contribution in [0.1, 0.15) is 44.7 Å². The molecule has 9 nitrogen and oxygen atoms in total. The molecule has 0 aliphatic rings. The number of carbonyl (C=O) groups excluding carboxylic acids is 2. The number of unbranched alkanes of at least 4 members (excludes halogenated alkanes) is 1. The van der Waals surface area contributed by atoms with E-state index in [4.69, 9.17) is 21.6 Å². The third-order valence-electron chi connectivity index (χ3n) is 5.36. The number of hydrogen-bond donors (Lipinski definition) is 5. The summed E-state index contributed by atoms with van der Waals surface area (Å²) in [5, 5.41) is 14.5. The number of amides is 1. The average molecular weight is 499 g/mol. The van der Waals surface area contributed by atoms with Crippen molar-refractivity contribution < 1.29 is 18.7 Å². The predicted molar refractivity (Wildman–Crippen MR) is 140 cm³/mol. The van der Waals surface area contributed by atoms with Crippen LogP contribution in [0.3, 0.4) is 0 Å². The summed E-state index contributed by atoms with van der Waals surface area (Å²) in [6, 6.07) is 10.4. The molecule has 0 aliphatic carbocycles. The molecular weight excluding hydrogens is 463 g/mol. The van der Waals surface area contributed by atoms with Crippen molar-refractivity contribution in [1.82, 2.24) is 5.32 Å². The predicted octanol–water partition coefficient (Wildman–Crippen LogP) is 2.97. The topological polar surface area (TPSA) is 156 Å². The Hall–Kier alpha value is -3.95.